The normalized spacial score (nSPS) is 27.6. The molecule has 1 N–H and O–H groups in total. The monoisotopic (exact) mass is 329 g/mol. The standard InChI is InChI=1S/C17H23N5O2/c1-13-9-15(21-24-13)11-22-7-4-17(12-22)10-14(3-8-23-17)20-16-18-5-2-6-19-16/h2,5-6,9,14H,3-4,7-8,10-12H2,1H3,(H,18,19,20)/t14-,17+/m0/s1. The number of hydrogen-bond acceptors (Lipinski definition) is 7. The summed E-state index contributed by atoms with van der Waals surface area (Å²) in [5.41, 5.74) is 0.927. The van der Waals surface area contributed by atoms with E-state index in [-0.39, 0.29) is 5.60 Å². The lowest BCUT2D eigenvalue weighted by Gasteiger charge is -2.38. The lowest BCUT2D eigenvalue weighted by molar-refractivity contribution is -0.0738. The Kier molecular flexibility index (Phi) is 4.20. The fourth-order valence-corrected chi connectivity index (χ4v) is 3.78. The summed E-state index contributed by atoms with van der Waals surface area (Å²) in [6.07, 6.45) is 6.56. The quantitative estimate of drug-likeness (QED) is 0.919. The van der Waals surface area contributed by atoms with Crippen molar-refractivity contribution in [3.8, 4) is 0 Å². The second kappa shape index (κ2) is 6.49. The van der Waals surface area contributed by atoms with Crippen LogP contribution in [0.5, 0.6) is 0 Å². The van der Waals surface area contributed by atoms with E-state index in [0.717, 1.165) is 57.0 Å². The van der Waals surface area contributed by atoms with Gasteiger partial charge in [0.15, 0.2) is 0 Å². The van der Waals surface area contributed by atoms with Crippen LogP contribution in [0.2, 0.25) is 0 Å². The summed E-state index contributed by atoms with van der Waals surface area (Å²) in [6.45, 7) is 5.49. The second-order valence-electron chi connectivity index (χ2n) is 6.83. The molecule has 24 heavy (non-hydrogen) atoms. The zero-order valence-electron chi connectivity index (χ0n) is 13.9. The van der Waals surface area contributed by atoms with Crippen molar-refractivity contribution in [1.29, 1.82) is 0 Å². The van der Waals surface area contributed by atoms with Gasteiger partial charge in [-0.25, -0.2) is 9.97 Å². The van der Waals surface area contributed by atoms with Crippen molar-refractivity contribution in [3.05, 3.63) is 36.0 Å². The zero-order chi connectivity index (χ0) is 16.4. The Morgan fingerprint density at radius 3 is 3.04 bits per heavy atom. The van der Waals surface area contributed by atoms with E-state index in [1.165, 1.54) is 0 Å². The first-order chi connectivity index (χ1) is 11.7. The van der Waals surface area contributed by atoms with Gasteiger partial charge in [0.25, 0.3) is 0 Å². The van der Waals surface area contributed by atoms with Gasteiger partial charge in [-0.1, -0.05) is 5.16 Å². The van der Waals surface area contributed by atoms with Crippen LogP contribution in [0, 0.1) is 6.92 Å². The summed E-state index contributed by atoms with van der Waals surface area (Å²) in [5.74, 6) is 1.56. The van der Waals surface area contributed by atoms with Gasteiger partial charge < -0.3 is 14.6 Å². The molecule has 0 bridgehead atoms. The summed E-state index contributed by atoms with van der Waals surface area (Å²) in [7, 11) is 0. The largest absolute Gasteiger partial charge is 0.373 e. The van der Waals surface area contributed by atoms with Gasteiger partial charge in [-0.2, -0.15) is 0 Å². The number of ether oxygens (including phenoxy) is 1. The third-order valence-electron chi connectivity index (χ3n) is 4.85. The molecule has 1 spiro atoms. The summed E-state index contributed by atoms with van der Waals surface area (Å²) < 4.78 is 11.4. The smallest absolute Gasteiger partial charge is 0.222 e. The van der Waals surface area contributed by atoms with Crippen molar-refractivity contribution in [1.82, 2.24) is 20.0 Å². The van der Waals surface area contributed by atoms with Crippen molar-refractivity contribution in [3.63, 3.8) is 0 Å². The van der Waals surface area contributed by atoms with Crippen LogP contribution in [0.1, 0.15) is 30.7 Å². The number of anilines is 1. The Hall–Kier alpha value is -1.99. The summed E-state index contributed by atoms with van der Waals surface area (Å²) in [6, 6.07) is 4.19. The molecule has 2 saturated heterocycles. The van der Waals surface area contributed by atoms with Crippen LogP contribution < -0.4 is 5.32 Å². The molecule has 0 saturated carbocycles. The van der Waals surface area contributed by atoms with Crippen molar-refractivity contribution in [2.75, 3.05) is 25.0 Å². The fourth-order valence-electron chi connectivity index (χ4n) is 3.78. The first-order valence-electron chi connectivity index (χ1n) is 8.53. The van der Waals surface area contributed by atoms with Crippen molar-refractivity contribution in [2.24, 2.45) is 0 Å². The number of nitrogens with one attached hydrogen (secondary N) is 1. The maximum Gasteiger partial charge on any atom is 0.222 e. The van der Waals surface area contributed by atoms with Crippen LogP contribution in [0.3, 0.4) is 0 Å². The highest BCUT2D eigenvalue weighted by Crippen LogP contribution is 2.35. The number of aryl methyl sites for hydroxylation is 1. The molecule has 0 aliphatic carbocycles. The number of nitrogens with zero attached hydrogens (tertiary/aromatic N) is 4. The molecule has 2 aliphatic heterocycles. The Balaban J connectivity index is 1.36. The van der Waals surface area contributed by atoms with Gasteiger partial charge in [0.05, 0.1) is 11.3 Å². The second-order valence-corrected chi connectivity index (χ2v) is 6.83. The van der Waals surface area contributed by atoms with E-state index in [9.17, 15) is 0 Å². The Morgan fingerprint density at radius 2 is 2.25 bits per heavy atom. The van der Waals surface area contributed by atoms with Gasteiger partial charge in [-0.15, -0.1) is 0 Å². The molecule has 0 aromatic carbocycles. The van der Waals surface area contributed by atoms with Crippen LogP contribution in [-0.4, -0.2) is 51.4 Å². The highest BCUT2D eigenvalue weighted by Gasteiger charge is 2.43. The molecule has 4 heterocycles. The van der Waals surface area contributed by atoms with Crippen LogP contribution in [0.15, 0.2) is 29.0 Å². The average molecular weight is 329 g/mol. The molecule has 0 radical (unpaired) electrons. The Labute approximate surface area is 141 Å². The fraction of sp³-hybridized carbons (Fsp3) is 0.588. The molecule has 4 rings (SSSR count). The van der Waals surface area contributed by atoms with Gasteiger partial charge in [-0.05, 0) is 32.3 Å². The van der Waals surface area contributed by atoms with Gasteiger partial charge in [0, 0.05) is 50.7 Å². The molecule has 7 nitrogen and oxygen atoms in total. The van der Waals surface area contributed by atoms with Gasteiger partial charge in [0.1, 0.15) is 5.76 Å². The number of likely N-dealkylation sites (tertiary alicyclic amines) is 1. The SMILES string of the molecule is Cc1cc(CN2CC[C@@]3(C[C@@H](Nc4ncccn4)CCO3)C2)no1. The van der Waals surface area contributed by atoms with Gasteiger partial charge in [-0.3, -0.25) is 4.90 Å². The van der Waals surface area contributed by atoms with E-state index in [4.69, 9.17) is 9.26 Å². The topological polar surface area (TPSA) is 76.3 Å². The predicted molar refractivity (Wildman–Crippen MR) is 88.5 cm³/mol. The lowest BCUT2D eigenvalue weighted by atomic mass is 9.89. The van der Waals surface area contributed by atoms with Crippen LogP contribution in [0.4, 0.5) is 5.95 Å². The van der Waals surface area contributed by atoms with Crippen LogP contribution >= 0.6 is 0 Å². The summed E-state index contributed by atoms with van der Waals surface area (Å²) >= 11 is 0. The summed E-state index contributed by atoms with van der Waals surface area (Å²) in [5, 5.41) is 7.55. The molecule has 0 amide bonds. The molecule has 2 aromatic rings. The molecule has 2 fully saturated rings. The summed E-state index contributed by atoms with van der Waals surface area (Å²) in [4.78, 5) is 10.9. The number of hydrogen-bond donors (Lipinski definition) is 1. The number of aromatic nitrogens is 3. The van der Waals surface area contributed by atoms with E-state index < -0.39 is 0 Å². The first-order valence-corrected chi connectivity index (χ1v) is 8.53. The Bertz CT molecular complexity index is 677. The minimum atomic E-state index is -0.0660. The number of rotatable bonds is 4. The third kappa shape index (κ3) is 3.42. The molecule has 2 aromatic heterocycles. The van der Waals surface area contributed by atoms with E-state index in [2.05, 4.69) is 25.3 Å². The molecule has 2 atom stereocenters. The van der Waals surface area contributed by atoms with Crippen LogP contribution in [-0.2, 0) is 11.3 Å². The maximum atomic E-state index is 6.20. The van der Waals surface area contributed by atoms with Crippen LogP contribution in [0.25, 0.3) is 0 Å². The first kappa shape index (κ1) is 15.5. The van der Waals surface area contributed by atoms with E-state index in [0.29, 0.717) is 12.0 Å². The van der Waals surface area contributed by atoms with E-state index in [1.54, 1.807) is 12.4 Å². The lowest BCUT2D eigenvalue weighted by Crippen LogP contribution is -2.46. The van der Waals surface area contributed by atoms with Crippen molar-refractivity contribution < 1.29 is 9.26 Å². The minimum Gasteiger partial charge on any atom is -0.373 e. The average Bonchev–Trinajstić information content (AvgIpc) is 3.15. The molecule has 128 valence electrons. The van der Waals surface area contributed by atoms with Crippen molar-refractivity contribution >= 4 is 5.95 Å². The van der Waals surface area contributed by atoms with Crippen molar-refractivity contribution in [2.45, 2.75) is 44.4 Å². The molecule has 2 aliphatic rings. The van der Waals surface area contributed by atoms with Gasteiger partial charge in [0.2, 0.25) is 5.95 Å². The van der Waals surface area contributed by atoms with E-state index in [1.807, 2.05) is 19.1 Å². The Morgan fingerprint density at radius 1 is 1.38 bits per heavy atom. The maximum absolute atomic E-state index is 6.20. The third-order valence-corrected chi connectivity index (χ3v) is 4.85. The molecular formula is C17H23N5O2. The molecular weight excluding hydrogens is 306 g/mol. The predicted octanol–water partition coefficient (Wildman–Crippen LogP) is 2.01. The molecule has 7 heteroatoms. The highest BCUT2D eigenvalue weighted by molar-refractivity contribution is 5.25. The zero-order valence-corrected chi connectivity index (χ0v) is 13.9. The minimum absolute atomic E-state index is 0.0660. The van der Waals surface area contributed by atoms with Gasteiger partial charge >= 0.3 is 0 Å². The molecule has 0 unspecified atom stereocenters. The highest BCUT2D eigenvalue weighted by atomic mass is 16.5. The van der Waals surface area contributed by atoms with E-state index >= 15 is 0 Å².